The van der Waals surface area contributed by atoms with E-state index in [0.717, 1.165) is 84.2 Å². The maximum atomic E-state index is 16.1. The Bertz CT molecular complexity index is 5240. The summed E-state index contributed by atoms with van der Waals surface area (Å²) in [5.41, 5.74) is 27.2. The zero-order chi connectivity index (χ0) is 63.9. The molecule has 452 valence electrons. The average Bonchev–Trinajstić information content (AvgIpc) is 1.12. The minimum Gasteiger partial charge on any atom is -0.423 e. The molecule has 8 heteroatoms. The van der Waals surface area contributed by atoms with Crippen molar-refractivity contribution in [3.8, 4) is 55.6 Å². The number of rotatable bonds is 13. The van der Waals surface area contributed by atoms with Gasteiger partial charge in [-0.05, 0) is 185 Å². The highest BCUT2D eigenvalue weighted by atomic mass is 32.2. The summed E-state index contributed by atoms with van der Waals surface area (Å²) in [4.78, 5) is 5.96. The van der Waals surface area contributed by atoms with Gasteiger partial charge in [-0.15, -0.1) is 0 Å². The largest absolute Gasteiger partial charge is 0.488 e. The van der Waals surface area contributed by atoms with E-state index >= 15 is 4.21 Å². The third kappa shape index (κ3) is 9.84. The maximum absolute atomic E-state index is 16.1. The van der Waals surface area contributed by atoms with Gasteiger partial charge in [-0.2, -0.15) is 4.36 Å². The zero-order valence-electron chi connectivity index (χ0n) is 52.7. The number of anilines is 6. The second-order valence-electron chi connectivity index (χ2n) is 25.7. The monoisotopic (exact) mass is 1230 g/mol. The Balaban J connectivity index is 0.740. The molecule has 1 heterocycles. The second-order valence-corrected chi connectivity index (χ2v) is 27.8. The molecule has 0 bridgehead atoms. The molecule has 2 aliphatic carbocycles. The van der Waals surface area contributed by atoms with Gasteiger partial charge in [0.25, 0.3) is 0 Å². The molecule has 1 unspecified atom stereocenters. The predicted octanol–water partition coefficient (Wildman–Crippen LogP) is 21.0. The summed E-state index contributed by atoms with van der Waals surface area (Å²) in [7, 11) is -4.74. The Morgan fingerprint density at radius 1 is 0.330 bits per heavy atom. The summed E-state index contributed by atoms with van der Waals surface area (Å²) in [6.45, 7) is 9.34. The molecule has 0 amide bonds. The van der Waals surface area contributed by atoms with Gasteiger partial charge in [-0.1, -0.05) is 252 Å². The van der Waals surface area contributed by atoms with E-state index in [1.54, 1.807) is 12.1 Å². The highest BCUT2D eigenvalue weighted by Gasteiger charge is 2.40. The highest BCUT2D eigenvalue weighted by Crippen LogP contribution is 2.55. The van der Waals surface area contributed by atoms with Crippen LogP contribution in [-0.2, 0) is 20.6 Å². The average molecular weight is 1230 g/mol. The van der Waals surface area contributed by atoms with E-state index in [1.165, 1.54) is 50.1 Å². The first kappa shape index (κ1) is 58.2. The number of hydrogen-bond acceptors (Lipinski definition) is 6. The van der Waals surface area contributed by atoms with Crippen molar-refractivity contribution in [1.82, 2.24) is 0 Å². The number of nitrogens with zero attached hydrogens (tertiary/aromatic N) is 3. The van der Waals surface area contributed by atoms with Crippen LogP contribution in [-0.4, -0.2) is 21.4 Å². The summed E-state index contributed by atoms with van der Waals surface area (Å²) in [5, 5.41) is 20.1. The lowest BCUT2D eigenvalue weighted by Crippen LogP contribution is -2.29. The Labute approximate surface area is 551 Å². The van der Waals surface area contributed by atoms with Crippen LogP contribution in [0.3, 0.4) is 0 Å². The fourth-order valence-electron chi connectivity index (χ4n) is 14.8. The van der Waals surface area contributed by atoms with Gasteiger partial charge in [0.1, 0.15) is 9.73 Å². The van der Waals surface area contributed by atoms with Crippen LogP contribution in [0.4, 0.5) is 39.8 Å². The van der Waals surface area contributed by atoms with Crippen molar-refractivity contribution in [2.45, 2.75) is 43.4 Å². The summed E-state index contributed by atoms with van der Waals surface area (Å²) < 4.78 is 21.2. The van der Waals surface area contributed by atoms with E-state index in [-0.39, 0.29) is 10.8 Å². The minimum absolute atomic E-state index is 0.211. The van der Waals surface area contributed by atoms with Gasteiger partial charge in [-0.25, -0.2) is 4.21 Å². The van der Waals surface area contributed by atoms with E-state index in [1.807, 2.05) is 84.9 Å². The first-order valence-electron chi connectivity index (χ1n) is 32.1. The molecule has 0 saturated carbocycles. The van der Waals surface area contributed by atoms with Crippen LogP contribution in [0, 0.1) is 0 Å². The smallest absolute Gasteiger partial charge is 0.423 e. The molecule has 1 atom stereocenters. The van der Waals surface area contributed by atoms with Gasteiger partial charge in [0.05, 0.1) is 15.5 Å². The SMILES string of the molecule is CC1(C)c2ccccc2-c2ccc(N(c3ccc(C4=C(c5ccccc5)c5ccccc5N=S4(=O)c4ccccc4)cc3)c3ccc(-c4ccc(-c5cccc6c5C(C)(C)c5cc(N(c7ccc(B(O)O)cc7)c7ccc(-c8ccccc8)cc7)ccc5-6)cc4)cc3)cc21. The normalized spacial score (nSPS) is 15.2. The van der Waals surface area contributed by atoms with Gasteiger partial charge < -0.3 is 19.8 Å². The summed E-state index contributed by atoms with van der Waals surface area (Å²) in [6.07, 6.45) is 0. The van der Waals surface area contributed by atoms with Gasteiger partial charge in [0.15, 0.2) is 0 Å². The van der Waals surface area contributed by atoms with Gasteiger partial charge in [-0.3, -0.25) is 0 Å². The number of hydrogen-bond donors (Lipinski definition) is 2. The zero-order valence-corrected chi connectivity index (χ0v) is 53.5. The summed E-state index contributed by atoms with van der Waals surface area (Å²) in [6, 6.07) is 110. The first-order chi connectivity index (χ1) is 45.8. The molecule has 1 aliphatic heterocycles. The van der Waals surface area contributed by atoms with Crippen molar-refractivity contribution in [2.24, 2.45) is 4.36 Å². The predicted molar refractivity (Wildman–Crippen MR) is 391 cm³/mol. The molecule has 0 radical (unpaired) electrons. The number of fused-ring (bicyclic) bond motifs is 7. The topological polar surface area (TPSA) is 76.4 Å². The molecule has 94 heavy (non-hydrogen) atoms. The first-order valence-corrected chi connectivity index (χ1v) is 33.6. The molecule has 13 aromatic rings. The fraction of sp³-hybridized carbons (Fsp3) is 0.0698. The van der Waals surface area contributed by atoms with Crippen molar-refractivity contribution in [3.05, 3.63) is 354 Å². The lowest BCUT2D eigenvalue weighted by molar-refractivity contribution is 0.426. The molecular formula is C86H66BN3O3S. The molecule has 0 saturated heterocycles. The van der Waals surface area contributed by atoms with E-state index in [0.29, 0.717) is 21.0 Å². The highest BCUT2D eigenvalue weighted by molar-refractivity contribution is 8.03. The van der Waals surface area contributed by atoms with Crippen LogP contribution in [0.15, 0.2) is 325 Å². The van der Waals surface area contributed by atoms with Crippen molar-refractivity contribution in [1.29, 1.82) is 0 Å². The van der Waals surface area contributed by atoms with Crippen LogP contribution in [0.5, 0.6) is 0 Å². The summed E-state index contributed by atoms with van der Waals surface area (Å²) in [5.74, 6) is 0. The fourth-order valence-corrected chi connectivity index (χ4v) is 17.1. The van der Waals surface area contributed by atoms with Crippen LogP contribution >= 0.6 is 0 Å². The van der Waals surface area contributed by atoms with Crippen molar-refractivity contribution < 1.29 is 14.3 Å². The Kier molecular flexibility index (Phi) is 14.3. The standard InChI is InChI=1S/C86H66BN3O3S/c1-85(2)78-29-16-14-25-73(78)74-53-51-69(55-79(74)85)89(67-47-39-63(40-48-67)84-82(62-21-10-6-11-22-62)77-26-15-17-30-81(77)88-94(84,93)71-23-12-7-13-24-71)65-45-37-60(38-46-65)58-31-33-61(34-32-58)72-27-18-28-76-75-54-52-70(56-80(75)86(3,4)83(72)76)90(68-49-41-64(42-50-68)87(91)92)66-43-35-59(36-44-66)57-19-8-5-9-20-57/h5-56,91-92H,1-4H3. The molecule has 0 spiro atoms. The quantitative estimate of drug-likeness (QED) is 0.113. The van der Waals surface area contributed by atoms with Crippen molar-refractivity contribution in [3.63, 3.8) is 0 Å². The van der Waals surface area contributed by atoms with Crippen LogP contribution in [0.1, 0.15) is 66.6 Å². The van der Waals surface area contributed by atoms with E-state index < -0.39 is 16.8 Å². The molecule has 13 aromatic carbocycles. The lowest BCUT2D eigenvalue weighted by atomic mass is 9.78. The molecular weight excluding hydrogens is 1170 g/mol. The molecule has 3 aliphatic rings. The van der Waals surface area contributed by atoms with Crippen LogP contribution < -0.4 is 15.3 Å². The second kappa shape index (κ2) is 23.1. The maximum Gasteiger partial charge on any atom is 0.488 e. The molecule has 16 rings (SSSR count). The van der Waals surface area contributed by atoms with Crippen LogP contribution in [0.2, 0.25) is 0 Å². The van der Waals surface area contributed by atoms with E-state index in [2.05, 4.69) is 256 Å². The van der Waals surface area contributed by atoms with Crippen LogP contribution in [0.25, 0.3) is 66.1 Å². The third-order valence-corrected chi connectivity index (χ3v) is 21.9. The van der Waals surface area contributed by atoms with Gasteiger partial charge in [0, 0.05) is 56.1 Å². The third-order valence-electron chi connectivity index (χ3n) is 19.5. The summed E-state index contributed by atoms with van der Waals surface area (Å²) >= 11 is 0. The van der Waals surface area contributed by atoms with Gasteiger partial charge >= 0.3 is 7.12 Å². The Morgan fingerprint density at radius 2 is 0.723 bits per heavy atom. The molecule has 2 N–H and O–H groups in total. The molecule has 0 fully saturated rings. The minimum atomic E-state index is -3.18. The van der Waals surface area contributed by atoms with E-state index in [4.69, 9.17) is 4.36 Å². The van der Waals surface area contributed by atoms with Crippen molar-refractivity contribution >= 4 is 72.6 Å². The molecule has 6 nitrogen and oxygen atoms in total. The molecule has 0 aromatic heterocycles. The Morgan fingerprint density at radius 3 is 1.29 bits per heavy atom. The van der Waals surface area contributed by atoms with Gasteiger partial charge in [0.2, 0.25) is 0 Å². The lowest BCUT2D eigenvalue weighted by Gasteiger charge is -2.29. The Hall–Kier alpha value is -10.9. The number of benzene rings is 13. The van der Waals surface area contributed by atoms with Crippen molar-refractivity contribution in [2.75, 3.05) is 9.80 Å². The van der Waals surface area contributed by atoms with E-state index in [9.17, 15) is 10.0 Å².